The van der Waals surface area contributed by atoms with Gasteiger partial charge in [-0.15, -0.1) is 0 Å². The summed E-state index contributed by atoms with van der Waals surface area (Å²) in [6, 6.07) is 6.64. The Balaban J connectivity index is 1.92. The first-order chi connectivity index (χ1) is 12.7. The third-order valence-electron chi connectivity index (χ3n) is 4.35. The highest BCUT2D eigenvalue weighted by Gasteiger charge is 2.20. The minimum atomic E-state index is -3.48. The Labute approximate surface area is 160 Å². The fourth-order valence-corrected chi connectivity index (χ4v) is 3.74. The molecule has 8 heteroatoms. The van der Waals surface area contributed by atoms with E-state index in [1.807, 2.05) is 0 Å². The lowest BCUT2D eigenvalue weighted by atomic mass is 9.97. The number of amides is 2. The lowest BCUT2D eigenvalue weighted by Gasteiger charge is -2.21. The van der Waals surface area contributed by atoms with Crippen molar-refractivity contribution in [2.24, 2.45) is 0 Å². The standard InChI is InChI=1S/C19H27N3O4S/c1-15(23)20-17-8-10-18(11-9-17)21-19(24)14-22(27(2,25)26)13-12-16-6-4-3-5-7-16/h6,8-11H,3-5,7,12-14H2,1-2H3,(H,20,23)(H,21,24). The minimum absolute atomic E-state index is 0.177. The number of allylic oxidation sites excluding steroid dienone is 1. The van der Waals surface area contributed by atoms with Gasteiger partial charge in [0.15, 0.2) is 0 Å². The van der Waals surface area contributed by atoms with Gasteiger partial charge >= 0.3 is 0 Å². The van der Waals surface area contributed by atoms with E-state index < -0.39 is 15.9 Å². The third-order valence-corrected chi connectivity index (χ3v) is 5.60. The largest absolute Gasteiger partial charge is 0.326 e. The summed E-state index contributed by atoms with van der Waals surface area (Å²) in [6.45, 7) is 1.50. The number of sulfonamides is 1. The van der Waals surface area contributed by atoms with Gasteiger partial charge in [0.25, 0.3) is 0 Å². The highest BCUT2D eigenvalue weighted by atomic mass is 32.2. The van der Waals surface area contributed by atoms with Crippen molar-refractivity contribution in [3.05, 3.63) is 35.9 Å². The number of rotatable bonds is 8. The molecule has 0 unspecified atom stereocenters. The van der Waals surface area contributed by atoms with Gasteiger partial charge in [-0.25, -0.2) is 8.42 Å². The molecule has 7 nitrogen and oxygen atoms in total. The van der Waals surface area contributed by atoms with E-state index in [0.29, 0.717) is 24.3 Å². The lowest BCUT2D eigenvalue weighted by Crippen LogP contribution is -2.38. The maximum absolute atomic E-state index is 12.3. The molecule has 0 saturated heterocycles. The van der Waals surface area contributed by atoms with Crippen LogP contribution in [0.2, 0.25) is 0 Å². The quantitative estimate of drug-likeness (QED) is 0.664. The van der Waals surface area contributed by atoms with Gasteiger partial charge in [0.2, 0.25) is 21.8 Å². The van der Waals surface area contributed by atoms with Crippen LogP contribution in [0.3, 0.4) is 0 Å². The van der Waals surface area contributed by atoms with Crippen molar-refractivity contribution < 1.29 is 18.0 Å². The molecule has 1 aliphatic rings. The summed E-state index contributed by atoms with van der Waals surface area (Å²) in [5.41, 5.74) is 2.43. The number of nitrogens with one attached hydrogen (secondary N) is 2. The Bertz CT molecular complexity index is 801. The van der Waals surface area contributed by atoms with Crippen molar-refractivity contribution in [2.45, 2.75) is 39.0 Å². The van der Waals surface area contributed by atoms with Crippen molar-refractivity contribution in [3.8, 4) is 0 Å². The predicted molar refractivity (Wildman–Crippen MR) is 107 cm³/mol. The van der Waals surface area contributed by atoms with E-state index in [-0.39, 0.29) is 12.5 Å². The highest BCUT2D eigenvalue weighted by molar-refractivity contribution is 7.88. The smallest absolute Gasteiger partial charge is 0.239 e. The van der Waals surface area contributed by atoms with E-state index in [9.17, 15) is 18.0 Å². The fraction of sp³-hybridized carbons (Fsp3) is 0.474. The van der Waals surface area contributed by atoms with E-state index in [2.05, 4.69) is 16.7 Å². The average molecular weight is 394 g/mol. The van der Waals surface area contributed by atoms with Gasteiger partial charge in [-0.1, -0.05) is 11.6 Å². The molecular formula is C19H27N3O4S. The van der Waals surface area contributed by atoms with E-state index in [0.717, 1.165) is 25.5 Å². The molecule has 0 heterocycles. The first kappa shape index (κ1) is 21.1. The van der Waals surface area contributed by atoms with Gasteiger partial charge in [-0.3, -0.25) is 9.59 Å². The van der Waals surface area contributed by atoms with Crippen LogP contribution < -0.4 is 10.6 Å². The molecule has 0 aromatic heterocycles. The van der Waals surface area contributed by atoms with E-state index >= 15 is 0 Å². The molecule has 0 aliphatic heterocycles. The summed E-state index contributed by atoms with van der Waals surface area (Å²) in [7, 11) is -3.48. The number of carbonyl (C=O) groups is 2. The normalized spacial score (nSPS) is 14.6. The summed E-state index contributed by atoms with van der Waals surface area (Å²) < 4.78 is 25.3. The Morgan fingerprint density at radius 3 is 2.22 bits per heavy atom. The molecular weight excluding hydrogens is 366 g/mol. The molecule has 27 heavy (non-hydrogen) atoms. The lowest BCUT2D eigenvalue weighted by molar-refractivity contribution is -0.116. The molecule has 0 bridgehead atoms. The molecule has 1 aliphatic carbocycles. The van der Waals surface area contributed by atoms with Crippen LogP contribution >= 0.6 is 0 Å². The van der Waals surface area contributed by atoms with E-state index in [4.69, 9.17) is 0 Å². The zero-order valence-electron chi connectivity index (χ0n) is 15.8. The maximum Gasteiger partial charge on any atom is 0.239 e. The summed E-state index contributed by atoms with van der Waals surface area (Å²) >= 11 is 0. The first-order valence-corrected chi connectivity index (χ1v) is 10.9. The maximum atomic E-state index is 12.3. The number of nitrogens with zero attached hydrogens (tertiary/aromatic N) is 1. The first-order valence-electron chi connectivity index (χ1n) is 9.04. The van der Waals surface area contributed by atoms with Gasteiger partial charge in [0, 0.05) is 24.8 Å². The molecule has 1 aromatic rings. The second-order valence-electron chi connectivity index (χ2n) is 6.76. The fourth-order valence-electron chi connectivity index (χ4n) is 2.96. The number of anilines is 2. The van der Waals surface area contributed by atoms with Gasteiger partial charge in [0.1, 0.15) is 0 Å². The van der Waals surface area contributed by atoms with Crippen LogP contribution in [0.15, 0.2) is 35.9 Å². The molecule has 2 amide bonds. The van der Waals surface area contributed by atoms with Crippen molar-refractivity contribution >= 4 is 33.2 Å². The molecule has 2 N–H and O–H groups in total. The molecule has 0 saturated carbocycles. The molecule has 0 fully saturated rings. The Morgan fingerprint density at radius 2 is 1.70 bits per heavy atom. The summed E-state index contributed by atoms with van der Waals surface area (Å²) in [5, 5.41) is 5.33. The molecule has 148 valence electrons. The van der Waals surface area contributed by atoms with Gasteiger partial charge < -0.3 is 10.6 Å². The summed E-state index contributed by atoms with van der Waals surface area (Å²) in [6.07, 6.45) is 8.33. The van der Waals surface area contributed by atoms with Crippen molar-refractivity contribution in [3.63, 3.8) is 0 Å². The van der Waals surface area contributed by atoms with Crippen LogP contribution in [0, 0.1) is 0 Å². The predicted octanol–water partition coefficient (Wildman–Crippen LogP) is 2.74. The number of benzene rings is 1. The minimum Gasteiger partial charge on any atom is -0.326 e. The monoisotopic (exact) mass is 393 g/mol. The second kappa shape index (κ2) is 9.66. The van der Waals surface area contributed by atoms with Crippen LogP contribution in [0.1, 0.15) is 39.0 Å². The molecule has 0 radical (unpaired) electrons. The summed E-state index contributed by atoms with van der Waals surface area (Å²) in [4.78, 5) is 23.3. The SMILES string of the molecule is CC(=O)Nc1ccc(NC(=O)CN(CCC2=CCCCC2)S(C)(=O)=O)cc1. The molecule has 2 rings (SSSR count). The van der Waals surface area contributed by atoms with Crippen LogP contribution in [0.25, 0.3) is 0 Å². The van der Waals surface area contributed by atoms with Crippen molar-refractivity contribution in [2.75, 3.05) is 30.0 Å². The van der Waals surface area contributed by atoms with Crippen LogP contribution in [-0.2, 0) is 19.6 Å². The Hall–Kier alpha value is -2.19. The van der Waals surface area contributed by atoms with E-state index in [1.165, 1.54) is 23.2 Å². The Kier molecular flexibility index (Phi) is 7.55. The highest BCUT2D eigenvalue weighted by Crippen LogP contribution is 2.21. The zero-order chi connectivity index (χ0) is 19.9. The number of carbonyl (C=O) groups excluding carboxylic acids is 2. The van der Waals surface area contributed by atoms with Crippen molar-refractivity contribution in [1.82, 2.24) is 4.31 Å². The average Bonchev–Trinajstić information content (AvgIpc) is 2.60. The zero-order valence-corrected chi connectivity index (χ0v) is 16.6. The molecule has 1 aromatic carbocycles. The number of hydrogen-bond acceptors (Lipinski definition) is 4. The van der Waals surface area contributed by atoms with Crippen LogP contribution in [0.5, 0.6) is 0 Å². The van der Waals surface area contributed by atoms with Gasteiger partial charge in [-0.05, 0) is 56.4 Å². The second-order valence-corrected chi connectivity index (χ2v) is 8.74. The van der Waals surface area contributed by atoms with Crippen LogP contribution in [-0.4, -0.2) is 43.9 Å². The molecule has 0 atom stereocenters. The Morgan fingerprint density at radius 1 is 1.07 bits per heavy atom. The summed E-state index contributed by atoms with van der Waals surface area (Å²) in [5.74, 6) is -0.575. The van der Waals surface area contributed by atoms with Crippen molar-refractivity contribution in [1.29, 1.82) is 0 Å². The molecule has 0 spiro atoms. The van der Waals surface area contributed by atoms with Crippen LogP contribution in [0.4, 0.5) is 11.4 Å². The third kappa shape index (κ3) is 7.52. The van der Waals surface area contributed by atoms with Gasteiger partial charge in [-0.2, -0.15) is 4.31 Å². The van der Waals surface area contributed by atoms with Gasteiger partial charge in [0.05, 0.1) is 12.8 Å². The number of hydrogen-bond donors (Lipinski definition) is 2. The van der Waals surface area contributed by atoms with E-state index in [1.54, 1.807) is 24.3 Å². The topological polar surface area (TPSA) is 95.6 Å².